The topological polar surface area (TPSA) is 55.1 Å². The second-order valence-electron chi connectivity index (χ2n) is 5.39. The molecule has 98 valence electrons. The normalized spacial score (nSPS) is 17.0. The number of rotatable bonds is 5. The lowest BCUT2D eigenvalue weighted by molar-refractivity contribution is -0.118. The van der Waals surface area contributed by atoms with Crippen LogP contribution in [0.2, 0.25) is 0 Å². The number of anilines is 1. The maximum atomic E-state index is 11.8. The molecule has 1 saturated carbocycles. The second kappa shape index (κ2) is 5.53. The van der Waals surface area contributed by atoms with Crippen molar-refractivity contribution in [1.29, 1.82) is 0 Å². The molecule has 0 radical (unpaired) electrons. The van der Waals surface area contributed by atoms with Gasteiger partial charge in [0, 0.05) is 17.6 Å². The highest BCUT2D eigenvalue weighted by molar-refractivity contribution is 5.91. The van der Waals surface area contributed by atoms with Gasteiger partial charge in [0.25, 0.3) is 0 Å². The Morgan fingerprint density at radius 2 is 2.00 bits per heavy atom. The highest BCUT2D eigenvalue weighted by Crippen LogP contribution is 2.32. The van der Waals surface area contributed by atoms with Gasteiger partial charge in [-0.05, 0) is 43.4 Å². The van der Waals surface area contributed by atoms with Crippen LogP contribution in [-0.4, -0.2) is 11.4 Å². The van der Waals surface area contributed by atoms with Crippen molar-refractivity contribution < 1.29 is 4.79 Å². The summed E-state index contributed by atoms with van der Waals surface area (Å²) >= 11 is 0. The largest absolute Gasteiger partial charge is 0.326 e. The van der Waals surface area contributed by atoms with Crippen LogP contribution < -0.4 is 11.1 Å². The van der Waals surface area contributed by atoms with Gasteiger partial charge in [-0.2, -0.15) is 0 Å². The van der Waals surface area contributed by atoms with Crippen molar-refractivity contribution >= 4 is 11.6 Å². The number of amides is 1. The van der Waals surface area contributed by atoms with Crippen LogP contribution in [0.3, 0.4) is 0 Å². The molecule has 0 unspecified atom stereocenters. The molecular formula is C15H22N2O. The van der Waals surface area contributed by atoms with E-state index in [0.717, 1.165) is 37.8 Å². The predicted molar refractivity (Wildman–Crippen MR) is 74.5 cm³/mol. The van der Waals surface area contributed by atoms with Crippen LogP contribution in [0.15, 0.2) is 24.3 Å². The number of carbonyl (C=O) groups excluding carboxylic acids is 1. The van der Waals surface area contributed by atoms with E-state index in [1.807, 2.05) is 12.1 Å². The van der Waals surface area contributed by atoms with Gasteiger partial charge in [-0.25, -0.2) is 0 Å². The number of benzene rings is 1. The molecule has 3 nitrogen and oxygen atoms in total. The van der Waals surface area contributed by atoms with Crippen molar-refractivity contribution in [2.75, 3.05) is 5.32 Å². The summed E-state index contributed by atoms with van der Waals surface area (Å²) in [4.78, 5) is 11.8. The third-order valence-electron chi connectivity index (χ3n) is 3.64. The van der Waals surface area contributed by atoms with Crippen molar-refractivity contribution in [2.24, 2.45) is 5.73 Å². The maximum absolute atomic E-state index is 11.8. The number of aryl methyl sites for hydroxylation is 1. The summed E-state index contributed by atoms with van der Waals surface area (Å²) in [6.45, 7) is 2.16. The Morgan fingerprint density at radius 1 is 1.33 bits per heavy atom. The number of hydrogen-bond donors (Lipinski definition) is 2. The van der Waals surface area contributed by atoms with E-state index in [-0.39, 0.29) is 11.4 Å². The fraction of sp³-hybridized carbons (Fsp3) is 0.533. The summed E-state index contributed by atoms with van der Waals surface area (Å²) in [5.74, 6) is 0.0282. The third kappa shape index (κ3) is 3.33. The van der Waals surface area contributed by atoms with Gasteiger partial charge < -0.3 is 11.1 Å². The average molecular weight is 246 g/mol. The molecule has 0 bridgehead atoms. The molecule has 0 spiro atoms. The average Bonchev–Trinajstić information content (AvgIpc) is 2.30. The monoisotopic (exact) mass is 246 g/mol. The Kier molecular flexibility index (Phi) is 4.02. The van der Waals surface area contributed by atoms with Gasteiger partial charge >= 0.3 is 0 Å². The summed E-state index contributed by atoms with van der Waals surface area (Å²) in [5, 5.41) is 2.92. The van der Waals surface area contributed by atoms with E-state index in [0.29, 0.717) is 6.42 Å². The third-order valence-corrected chi connectivity index (χ3v) is 3.64. The van der Waals surface area contributed by atoms with Crippen LogP contribution in [0.1, 0.15) is 44.6 Å². The highest BCUT2D eigenvalue weighted by atomic mass is 16.1. The van der Waals surface area contributed by atoms with Gasteiger partial charge in [-0.1, -0.05) is 25.5 Å². The Morgan fingerprint density at radius 3 is 2.50 bits per heavy atom. The van der Waals surface area contributed by atoms with E-state index in [2.05, 4.69) is 24.4 Å². The van der Waals surface area contributed by atoms with Crippen molar-refractivity contribution in [3.05, 3.63) is 29.8 Å². The Balaban J connectivity index is 1.86. The van der Waals surface area contributed by atoms with Crippen LogP contribution >= 0.6 is 0 Å². The molecular weight excluding hydrogens is 224 g/mol. The number of hydrogen-bond acceptors (Lipinski definition) is 2. The molecule has 1 aromatic rings. The Bertz CT molecular complexity index is 407. The Labute approximate surface area is 109 Å². The molecule has 0 aromatic heterocycles. The summed E-state index contributed by atoms with van der Waals surface area (Å²) in [6.07, 6.45) is 5.74. The van der Waals surface area contributed by atoms with E-state index >= 15 is 0 Å². The molecule has 1 aliphatic carbocycles. The number of nitrogens with two attached hydrogens (primary N) is 1. The van der Waals surface area contributed by atoms with Gasteiger partial charge in [0.2, 0.25) is 5.91 Å². The fourth-order valence-electron chi connectivity index (χ4n) is 2.38. The van der Waals surface area contributed by atoms with E-state index in [4.69, 9.17) is 5.73 Å². The summed E-state index contributed by atoms with van der Waals surface area (Å²) in [6, 6.07) is 8.07. The van der Waals surface area contributed by atoms with Gasteiger partial charge in [0.15, 0.2) is 0 Å². The minimum Gasteiger partial charge on any atom is -0.326 e. The van der Waals surface area contributed by atoms with Crippen LogP contribution in [0.5, 0.6) is 0 Å². The summed E-state index contributed by atoms with van der Waals surface area (Å²) in [5.41, 5.74) is 7.99. The molecule has 0 aliphatic heterocycles. The predicted octanol–water partition coefficient (Wildman–Crippen LogP) is 2.85. The number of carbonyl (C=O) groups is 1. The SMILES string of the molecule is CCCc1ccc(NC(=O)CC2(N)CCC2)cc1. The van der Waals surface area contributed by atoms with Crippen LogP contribution in [0.4, 0.5) is 5.69 Å². The highest BCUT2D eigenvalue weighted by Gasteiger charge is 2.34. The van der Waals surface area contributed by atoms with Crippen molar-refractivity contribution in [1.82, 2.24) is 0 Å². The van der Waals surface area contributed by atoms with Crippen LogP contribution in [0.25, 0.3) is 0 Å². The van der Waals surface area contributed by atoms with Crippen molar-refractivity contribution in [3.63, 3.8) is 0 Å². The first-order chi connectivity index (χ1) is 8.61. The molecule has 3 heteroatoms. The summed E-state index contributed by atoms with van der Waals surface area (Å²) < 4.78 is 0. The van der Waals surface area contributed by atoms with Gasteiger partial charge in [0.05, 0.1) is 0 Å². The molecule has 3 N–H and O–H groups in total. The molecule has 2 rings (SSSR count). The van der Waals surface area contributed by atoms with Gasteiger partial charge in [-0.3, -0.25) is 4.79 Å². The smallest absolute Gasteiger partial charge is 0.226 e. The molecule has 0 atom stereocenters. The molecule has 1 amide bonds. The van der Waals surface area contributed by atoms with Crippen molar-refractivity contribution in [2.45, 2.75) is 51.0 Å². The van der Waals surface area contributed by atoms with E-state index in [1.54, 1.807) is 0 Å². The molecule has 0 heterocycles. The standard InChI is InChI=1S/C15H22N2O/c1-2-4-12-5-7-13(8-6-12)17-14(18)11-15(16)9-3-10-15/h5-8H,2-4,9-11,16H2,1H3,(H,17,18). The quantitative estimate of drug-likeness (QED) is 0.839. The lowest BCUT2D eigenvalue weighted by atomic mass is 9.75. The molecule has 0 saturated heterocycles. The minimum absolute atomic E-state index is 0.0282. The zero-order valence-corrected chi connectivity index (χ0v) is 11.0. The van der Waals surface area contributed by atoms with Crippen LogP contribution in [0, 0.1) is 0 Å². The molecule has 1 fully saturated rings. The lowest BCUT2D eigenvalue weighted by Crippen LogP contribution is -2.48. The first kappa shape index (κ1) is 13.1. The fourth-order valence-corrected chi connectivity index (χ4v) is 2.38. The first-order valence-electron chi connectivity index (χ1n) is 6.79. The second-order valence-corrected chi connectivity index (χ2v) is 5.39. The van der Waals surface area contributed by atoms with E-state index in [1.165, 1.54) is 5.56 Å². The minimum atomic E-state index is -0.244. The molecule has 18 heavy (non-hydrogen) atoms. The van der Waals surface area contributed by atoms with Gasteiger partial charge in [0.1, 0.15) is 0 Å². The van der Waals surface area contributed by atoms with Crippen molar-refractivity contribution in [3.8, 4) is 0 Å². The molecule has 1 aliphatic rings. The zero-order chi connectivity index (χ0) is 13.0. The summed E-state index contributed by atoms with van der Waals surface area (Å²) in [7, 11) is 0. The zero-order valence-electron chi connectivity index (χ0n) is 11.0. The first-order valence-corrected chi connectivity index (χ1v) is 6.79. The maximum Gasteiger partial charge on any atom is 0.226 e. The molecule has 1 aromatic carbocycles. The number of nitrogens with one attached hydrogen (secondary N) is 1. The van der Waals surface area contributed by atoms with Crippen LogP contribution in [-0.2, 0) is 11.2 Å². The van der Waals surface area contributed by atoms with Gasteiger partial charge in [-0.15, -0.1) is 0 Å². The lowest BCUT2D eigenvalue weighted by Gasteiger charge is -2.37. The van der Waals surface area contributed by atoms with E-state index < -0.39 is 0 Å². The Hall–Kier alpha value is -1.35. The van der Waals surface area contributed by atoms with E-state index in [9.17, 15) is 4.79 Å².